The third-order valence-electron chi connectivity index (χ3n) is 7.55. The molecule has 2 aliphatic heterocycles. The Bertz CT molecular complexity index is 1470. The van der Waals surface area contributed by atoms with Crippen molar-refractivity contribution < 1.29 is 22.3 Å². The number of anilines is 4. The summed E-state index contributed by atoms with van der Waals surface area (Å²) >= 11 is 6.40. The minimum Gasteiger partial charge on any atom is -0.480 e. The van der Waals surface area contributed by atoms with E-state index in [2.05, 4.69) is 15.6 Å². The van der Waals surface area contributed by atoms with E-state index in [0.29, 0.717) is 46.0 Å². The first-order chi connectivity index (χ1) is 18.0. The van der Waals surface area contributed by atoms with Crippen molar-refractivity contribution in [2.45, 2.75) is 43.6 Å². The molecule has 0 bridgehead atoms. The number of ether oxygens (including phenoxy) is 1. The van der Waals surface area contributed by atoms with Crippen molar-refractivity contribution in [2.75, 3.05) is 35.2 Å². The van der Waals surface area contributed by atoms with E-state index in [-0.39, 0.29) is 43.3 Å². The van der Waals surface area contributed by atoms with Gasteiger partial charge in [-0.3, -0.25) is 4.79 Å². The van der Waals surface area contributed by atoms with Crippen molar-refractivity contribution in [3.63, 3.8) is 0 Å². The smallest absolute Gasteiger partial charge is 0.301 e. The second-order valence-corrected chi connectivity index (χ2v) is 10.7. The Hall–Kier alpha value is -3.21. The van der Waals surface area contributed by atoms with Gasteiger partial charge in [-0.2, -0.15) is 0 Å². The Kier molecular flexibility index (Phi) is 5.89. The zero-order valence-electron chi connectivity index (χ0n) is 20.5. The summed E-state index contributed by atoms with van der Waals surface area (Å²) in [4.78, 5) is 19.1. The molecule has 2 N–H and O–H groups in total. The van der Waals surface area contributed by atoms with Gasteiger partial charge in [0.25, 0.3) is 11.5 Å². The number of hydrogen-bond acceptors (Lipinski definition) is 6. The molecule has 12 heteroatoms. The number of halogens is 5. The fourth-order valence-corrected chi connectivity index (χ4v) is 5.35. The number of piperidine rings is 1. The van der Waals surface area contributed by atoms with Crippen molar-refractivity contribution in [2.24, 2.45) is 13.0 Å². The van der Waals surface area contributed by atoms with Crippen LogP contribution in [0.1, 0.15) is 25.7 Å². The van der Waals surface area contributed by atoms with Gasteiger partial charge in [0.2, 0.25) is 5.75 Å². The van der Waals surface area contributed by atoms with Gasteiger partial charge in [-0.25, -0.2) is 22.5 Å². The lowest BCUT2D eigenvalue weighted by Crippen LogP contribution is -2.44. The highest BCUT2D eigenvalue weighted by Gasteiger charge is 2.51. The maximum absolute atomic E-state index is 14.9. The van der Waals surface area contributed by atoms with Crippen LogP contribution < -0.4 is 25.8 Å². The molecule has 6 rings (SSSR count). The molecule has 0 spiro atoms. The number of aromatic nitrogens is 2. The SMILES string of the molecule is Cn1c(=O)c2c(c3cc(Nc4cc(N5CCC(F)(F)CC5)ncc4Cl)ccc31)NC(C1CC1)C(F)(F)CO2. The molecule has 1 saturated heterocycles. The number of alkyl halides is 4. The van der Waals surface area contributed by atoms with Crippen LogP contribution in [0.2, 0.25) is 5.02 Å². The summed E-state index contributed by atoms with van der Waals surface area (Å²) in [5.41, 5.74) is 1.39. The predicted octanol–water partition coefficient (Wildman–Crippen LogP) is 5.78. The Labute approximate surface area is 220 Å². The van der Waals surface area contributed by atoms with Crippen LogP contribution in [0.25, 0.3) is 10.9 Å². The van der Waals surface area contributed by atoms with Gasteiger partial charge in [-0.15, -0.1) is 0 Å². The molecule has 1 saturated carbocycles. The van der Waals surface area contributed by atoms with Gasteiger partial charge in [-0.05, 0) is 37.0 Å². The molecule has 1 aromatic carbocycles. The second kappa shape index (κ2) is 8.93. The van der Waals surface area contributed by atoms with Crippen LogP contribution >= 0.6 is 11.6 Å². The number of fused-ring (bicyclic) bond motifs is 3. The molecule has 4 heterocycles. The second-order valence-electron chi connectivity index (χ2n) is 10.3. The Morgan fingerprint density at radius 1 is 1.16 bits per heavy atom. The largest absolute Gasteiger partial charge is 0.480 e. The summed E-state index contributed by atoms with van der Waals surface area (Å²) in [6.45, 7) is -0.518. The minimum absolute atomic E-state index is 0.133. The zero-order valence-corrected chi connectivity index (χ0v) is 21.3. The average molecular weight is 552 g/mol. The van der Waals surface area contributed by atoms with Crippen LogP contribution in [0, 0.1) is 5.92 Å². The topological polar surface area (TPSA) is 71.4 Å². The van der Waals surface area contributed by atoms with Gasteiger partial charge in [0.05, 0.1) is 34.2 Å². The van der Waals surface area contributed by atoms with Gasteiger partial charge in [0.15, 0.2) is 6.61 Å². The molecule has 1 atom stereocenters. The molecule has 7 nitrogen and oxygen atoms in total. The normalized spacial score (nSPS) is 22.3. The molecule has 2 aromatic heterocycles. The number of aryl methyl sites for hydroxylation is 1. The monoisotopic (exact) mass is 551 g/mol. The Morgan fingerprint density at radius 3 is 2.61 bits per heavy atom. The highest BCUT2D eigenvalue weighted by molar-refractivity contribution is 6.33. The van der Waals surface area contributed by atoms with E-state index in [1.165, 1.54) is 10.8 Å². The number of nitrogens with one attached hydrogen (secondary N) is 2. The van der Waals surface area contributed by atoms with E-state index < -0.39 is 30.1 Å². The van der Waals surface area contributed by atoms with E-state index in [0.717, 1.165) is 0 Å². The molecule has 38 heavy (non-hydrogen) atoms. The average Bonchev–Trinajstić information content (AvgIpc) is 3.71. The van der Waals surface area contributed by atoms with E-state index in [1.54, 1.807) is 36.2 Å². The Morgan fingerprint density at radius 2 is 1.89 bits per heavy atom. The van der Waals surface area contributed by atoms with E-state index >= 15 is 0 Å². The van der Waals surface area contributed by atoms with Crippen molar-refractivity contribution in [1.82, 2.24) is 9.55 Å². The molecular weight excluding hydrogens is 526 g/mol. The van der Waals surface area contributed by atoms with E-state index in [4.69, 9.17) is 16.3 Å². The summed E-state index contributed by atoms with van der Waals surface area (Å²) in [5, 5.41) is 7.06. The van der Waals surface area contributed by atoms with E-state index in [1.807, 2.05) is 0 Å². The first-order valence-corrected chi connectivity index (χ1v) is 12.9. The maximum Gasteiger partial charge on any atom is 0.301 e. The van der Waals surface area contributed by atoms with Gasteiger partial charge < -0.3 is 24.8 Å². The zero-order chi connectivity index (χ0) is 26.8. The standard InChI is InChI=1S/C26H26ClF4N5O2/c1-35-19-5-4-15(33-18-11-20(32-12-17(18)27)36-8-6-25(28,29)7-9-36)10-16(19)21-22(24(35)37)38-13-26(30,31)23(34-21)14-2-3-14/h4-5,10-12,14,23,34H,2-3,6-9,13H2,1H3,(H,32,33). The van der Waals surface area contributed by atoms with Crippen LogP contribution in [0.3, 0.4) is 0 Å². The first-order valence-electron chi connectivity index (χ1n) is 12.5. The molecule has 1 unspecified atom stereocenters. The summed E-state index contributed by atoms with van der Waals surface area (Å²) in [5.74, 6) is -5.61. The minimum atomic E-state index is -3.13. The Balaban J connectivity index is 1.36. The van der Waals surface area contributed by atoms with Crippen LogP contribution in [0.15, 0.2) is 35.3 Å². The summed E-state index contributed by atoms with van der Waals surface area (Å²) in [6, 6.07) is 5.78. The van der Waals surface area contributed by atoms with Crippen LogP contribution in [-0.4, -0.2) is 47.1 Å². The highest BCUT2D eigenvalue weighted by atomic mass is 35.5. The third kappa shape index (κ3) is 4.50. The highest BCUT2D eigenvalue weighted by Crippen LogP contribution is 2.45. The lowest BCUT2D eigenvalue weighted by atomic mass is 10.0. The molecule has 0 radical (unpaired) electrons. The molecule has 3 aromatic rings. The molecule has 3 aliphatic rings. The van der Waals surface area contributed by atoms with Crippen molar-refractivity contribution in [3.8, 4) is 5.75 Å². The number of rotatable bonds is 4. The number of hydrogen-bond donors (Lipinski definition) is 2. The van der Waals surface area contributed by atoms with Crippen molar-refractivity contribution in [3.05, 3.63) is 45.8 Å². The predicted molar refractivity (Wildman–Crippen MR) is 139 cm³/mol. The van der Waals surface area contributed by atoms with E-state index in [9.17, 15) is 22.4 Å². The van der Waals surface area contributed by atoms with Crippen molar-refractivity contribution >= 4 is 45.4 Å². The van der Waals surface area contributed by atoms with Gasteiger partial charge in [0, 0.05) is 50.1 Å². The molecule has 0 amide bonds. The summed E-state index contributed by atoms with van der Waals surface area (Å²) < 4.78 is 63.8. The number of pyridine rings is 2. The lowest BCUT2D eigenvalue weighted by Gasteiger charge is -2.32. The first kappa shape index (κ1) is 25.1. The third-order valence-corrected chi connectivity index (χ3v) is 7.85. The summed E-state index contributed by atoms with van der Waals surface area (Å²) in [6.07, 6.45) is 2.35. The fourth-order valence-electron chi connectivity index (χ4n) is 5.20. The molecule has 2 fully saturated rings. The van der Waals surface area contributed by atoms with Gasteiger partial charge >= 0.3 is 5.92 Å². The van der Waals surface area contributed by atoms with Crippen LogP contribution in [0.5, 0.6) is 5.75 Å². The quantitative estimate of drug-likeness (QED) is 0.400. The number of nitrogens with zero attached hydrogens (tertiary/aromatic N) is 3. The fraction of sp³-hybridized carbons (Fsp3) is 0.462. The maximum atomic E-state index is 14.9. The van der Waals surface area contributed by atoms with Crippen LogP contribution in [-0.2, 0) is 7.05 Å². The van der Waals surface area contributed by atoms with Crippen molar-refractivity contribution in [1.29, 1.82) is 0 Å². The van der Waals surface area contributed by atoms with Gasteiger partial charge in [0.1, 0.15) is 5.82 Å². The molecule has 202 valence electrons. The molecular formula is C26H26ClF4N5O2. The van der Waals surface area contributed by atoms with Crippen LogP contribution in [0.4, 0.5) is 40.4 Å². The van der Waals surface area contributed by atoms with Gasteiger partial charge in [-0.1, -0.05) is 11.6 Å². The molecule has 1 aliphatic carbocycles. The summed E-state index contributed by atoms with van der Waals surface area (Å²) in [7, 11) is 1.57. The lowest BCUT2D eigenvalue weighted by molar-refractivity contribution is -0.0579. The number of benzene rings is 1.